The second-order valence-electron chi connectivity index (χ2n) is 10.1. The van der Waals surface area contributed by atoms with Crippen LogP contribution in [0.3, 0.4) is 0 Å². The maximum Gasteiger partial charge on any atom is 0.471 e. The predicted octanol–water partition coefficient (Wildman–Crippen LogP) is 0.123. The zero-order valence-electron chi connectivity index (χ0n) is 25.5. The molecule has 1 aliphatic carbocycles. The highest BCUT2D eigenvalue weighted by molar-refractivity contribution is 6.02. The highest BCUT2D eigenvalue weighted by atomic mass is 19.4. The molecule has 14 heteroatoms. The molecule has 0 aromatic rings. The van der Waals surface area contributed by atoms with Gasteiger partial charge < -0.3 is 20.4 Å². The van der Waals surface area contributed by atoms with Gasteiger partial charge in [-0.05, 0) is 22.7 Å². The fourth-order valence-corrected chi connectivity index (χ4v) is 4.52. The molecule has 2 saturated heterocycles. The van der Waals surface area contributed by atoms with E-state index in [1.54, 1.807) is 11.4 Å². The summed E-state index contributed by atoms with van der Waals surface area (Å²) in [5, 5.41) is 15.4. The molecule has 2 aliphatic heterocycles. The molecule has 11 nitrogen and oxygen atoms in total. The van der Waals surface area contributed by atoms with Crippen molar-refractivity contribution in [1.29, 1.82) is 5.26 Å². The van der Waals surface area contributed by atoms with Crippen LogP contribution < -0.4 is 16.0 Å². The monoisotopic (exact) mass is 520 g/mol. The van der Waals surface area contributed by atoms with Crippen LogP contribution in [0.4, 0.5) is 18.0 Å². The molecule has 0 radical (unpaired) electrons. The standard InChI is InChI=1S/C22H29F3N6O5/c1-20(2,3)15(29-18(35)22(23,24)25)17(34)31-8-11-13(21(11,4)5)14(31)16(33)27-10(6-26)7-30-9-12(32)28-19(30)36/h10-11,13-15H,7-9H2,1-5H3,(H,27,33)(H,29,35)(H,28,32,36)/t10-,11+,13+,14+,15-/m1/s1/i4D3,5D3. The van der Waals surface area contributed by atoms with E-state index in [0.29, 0.717) is 0 Å². The van der Waals surface area contributed by atoms with Crippen LogP contribution in [0, 0.1) is 34.0 Å². The Hall–Kier alpha value is -3.37. The Kier molecular flexibility index (Phi) is 4.91. The number of nitriles is 1. The number of hydrogen-bond acceptors (Lipinski definition) is 6. The highest BCUT2D eigenvalue weighted by Crippen LogP contribution is 2.65. The molecular weight excluding hydrogens is 485 g/mol. The SMILES string of the molecule is [2H]C([2H])([2H])C1(C([2H])([2H])[2H])[C@@H]2[C@@H](C(=O)N[C@H](C#N)CN3CC(=O)NC3=O)N(C(=O)[C@@H](NC(=O)C(F)(F)F)C(C)(C)C)C[C@@H]21. The Labute approximate surface area is 214 Å². The average molecular weight is 521 g/mol. The largest absolute Gasteiger partial charge is 0.471 e. The van der Waals surface area contributed by atoms with Crippen molar-refractivity contribution in [2.45, 2.75) is 58.8 Å². The van der Waals surface area contributed by atoms with E-state index in [4.69, 9.17) is 8.22 Å². The number of halogens is 3. The third kappa shape index (κ3) is 5.10. The van der Waals surface area contributed by atoms with Gasteiger partial charge in [0.25, 0.3) is 0 Å². The van der Waals surface area contributed by atoms with E-state index in [1.165, 1.54) is 20.8 Å². The lowest BCUT2D eigenvalue weighted by molar-refractivity contribution is -0.176. The van der Waals surface area contributed by atoms with E-state index in [-0.39, 0.29) is 0 Å². The van der Waals surface area contributed by atoms with E-state index in [2.05, 4.69) is 5.32 Å². The number of amides is 6. The predicted molar refractivity (Wildman–Crippen MR) is 116 cm³/mol. The van der Waals surface area contributed by atoms with Gasteiger partial charge in [-0.3, -0.25) is 24.5 Å². The van der Waals surface area contributed by atoms with Gasteiger partial charge in [-0.2, -0.15) is 18.4 Å². The van der Waals surface area contributed by atoms with Gasteiger partial charge in [0.1, 0.15) is 24.7 Å². The summed E-state index contributed by atoms with van der Waals surface area (Å²) in [7, 11) is 0. The minimum Gasteiger partial charge on any atom is -0.337 e. The first-order chi connectivity index (χ1) is 18.9. The molecule has 0 aromatic heterocycles. The summed E-state index contributed by atoms with van der Waals surface area (Å²) in [6.07, 6.45) is -5.37. The fraction of sp³-hybridized carbons (Fsp3) is 0.727. The number of likely N-dealkylation sites (tertiary alicyclic amines) is 1. The van der Waals surface area contributed by atoms with Crippen molar-refractivity contribution in [3.8, 4) is 6.07 Å². The molecule has 36 heavy (non-hydrogen) atoms. The zero-order valence-corrected chi connectivity index (χ0v) is 19.5. The van der Waals surface area contributed by atoms with Gasteiger partial charge in [-0.15, -0.1) is 0 Å². The molecule has 5 atom stereocenters. The van der Waals surface area contributed by atoms with Gasteiger partial charge >= 0.3 is 18.1 Å². The lowest BCUT2D eigenvalue weighted by Crippen LogP contribution is -2.61. The number of urea groups is 1. The lowest BCUT2D eigenvalue weighted by atomic mass is 9.85. The van der Waals surface area contributed by atoms with Crippen LogP contribution in [-0.4, -0.2) is 83.4 Å². The molecule has 1 saturated carbocycles. The first-order valence-corrected chi connectivity index (χ1v) is 10.9. The number of carbonyl (C=O) groups is 5. The molecule has 3 rings (SSSR count). The molecule has 0 unspecified atom stereocenters. The second kappa shape index (κ2) is 8.94. The summed E-state index contributed by atoms with van der Waals surface area (Å²) in [5.41, 5.74) is -3.81. The molecule has 6 amide bonds. The first kappa shape index (κ1) is 19.8. The summed E-state index contributed by atoms with van der Waals surface area (Å²) >= 11 is 0. The number of fused-ring (bicyclic) bond motifs is 1. The average Bonchev–Trinajstić information content (AvgIpc) is 3.16. The molecule has 0 spiro atoms. The molecule has 3 fully saturated rings. The third-order valence-electron chi connectivity index (χ3n) is 6.45. The Morgan fingerprint density at radius 3 is 2.36 bits per heavy atom. The molecular formula is C22H29F3N6O5. The van der Waals surface area contributed by atoms with E-state index < -0.39 is 110 Å². The highest BCUT2D eigenvalue weighted by Gasteiger charge is 2.70. The first-order valence-electron chi connectivity index (χ1n) is 13.9. The zero-order chi connectivity index (χ0) is 32.4. The van der Waals surface area contributed by atoms with Crippen LogP contribution in [0.5, 0.6) is 0 Å². The van der Waals surface area contributed by atoms with Crippen LogP contribution in [0.1, 0.15) is 42.7 Å². The van der Waals surface area contributed by atoms with E-state index in [0.717, 1.165) is 9.80 Å². The van der Waals surface area contributed by atoms with Gasteiger partial charge in [-0.25, -0.2) is 4.79 Å². The molecule has 0 aromatic carbocycles. The van der Waals surface area contributed by atoms with Gasteiger partial charge in [0, 0.05) is 14.8 Å². The number of imide groups is 1. The quantitative estimate of drug-likeness (QED) is 0.423. The van der Waals surface area contributed by atoms with Crippen LogP contribution in [0.2, 0.25) is 0 Å². The van der Waals surface area contributed by atoms with E-state index >= 15 is 0 Å². The normalized spacial score (nSPS) is 29.6. The number of nitrogens with one attached hydrogen (secondary N) is 3. The summed E-state index contributed by atoms with van der Waals surface area (Å²) in [6.45, 7) is -3.89. The molecule has 0 bridgehead atoms. The summed E-state index contributed by atoms with van der Waals surface area (Å²) in [5.74, 6) is -8.34. The van der Waals surface area contributed by atoms with Crippen molar-refractivity contribution in [3.63, 3.8) is 0 Å². The minimum absolute atomic E-state index is 0.432. The number of carbonyl (C=O) groups excluding carboxylic acids is 5. The Balaban J connectivity index is 2.00. The van der Waals surface area contributed by atoms with Crippen molar-refractivity contribution < 1.29 is 45.4 Å². The molecule has 3 aliphatic rings. The van der Waals surface area contributed by atoms with Gasteiger partial charge in [0.2, 0.25) is 17.7 Å². The molecule has 198 valence electrons. The summed E-state index contributed by atoms with van der Waals surface area (Å²) in [6, 6.07) is -4.43. The number of alkyl halides is 3. The van der Waals surface area contributed by atoms with Gasteiger partial charge in [0.05, 0.1) is 12.6 Å². The van der Waals surface area contributed by atoms with Crippen LogP contribution in [-0.2, 0) is 19.2 Å². The third-order valence-corrected chi connectivity index (χ3v) is 6.45. The van der Waals surface area contributed by atoms with Crippen molar-refractivity contribution in [2.75, 3.05) is 19.6 Å². The van der Waals surface area contributed by atoms with Crippen molar-refractivity contribution in [2.24, 2.45) is 22.7 Å². The van der Waals surface area contributed by atoms with Crippen molar-refractivity contribution in [1.82, 2.24) is 25.8 Å². The number of nitrogens with zero attached hydrogens (tertiary/aromatic N) is 3. The van der Waals surface area contributed by atoms with Crippen LogP contribution in [0.25, 0.3) is 0 Å². The summed E-state index contributed by atoms with van der Waals surface area (Å²) in [4.78, 5) is 64.0. The lowest BCUT2D eigenvalue weighted by Gasteiger charge is -2.37. The fourth-order valence-electron chi connectivity index (χ4n) is 4.52. The Bertz CT molecular complexity index is 1210. The smallest absolute Gasteiger partial charge is 0.337 e. The topological polar surface area (TPSA) is 152 Å². The van der Waals surface area contributed by atoms with E-state index in [1.807, 2.05) is 5.32 Å². The summed E-state index contributed by atoms with van der Waals surface area (Å²) < 4.78 is 87.1. The van der Waals surface area contributed by atoms with Crippen molar-refractivity contribution in [3.05, 3.63) is 0 Å². The van der Waals surface area contributed by atoms with Gasteiger partial charge in [-0.1, -0.05) is 34.5 Å². The maximum absolute atomic E-state index is 13.7. The molecule has 2 heterocycles. The van der Waals surface area contributed by atoms with E-state index in [9.17, 15) is 42.4 Å². The van der Waals surface area contributed by atoms with Crippen LogP contribution >= 0.6 is 0 Å². The Morgan fingerprint density at radius 1 is 1.25 bits per heavy atom. The maximum atomic E-state index is 13.7. The number of piperidine rings is 1. The number of hydrogen-bond donors (Lipinski definition) is 3. The second-order valence-corrected chi connectivity index (χ2v) is 10.1. The van der Waals surface area contributed by atoms with Crippen LogP contribution in [0.15, 0.2) is 0 Å². The van der Waals surface area contributed by atoms with Gasteiger partial charge in [0.15, 0.2) is 0 Å². The van der Waals surface area contributed by atoms with Crippen molar-refractivity contribution >= 4 is 29.7 Å². The number of rotatable bonds is 6. The molecule has 3 N–H and O–H groups in total. The minimum atomic E-state index is -5.37. The Morgan fingerprint density at radius 2 is 1.89 bits per heavy atom.